The number of carbonyl (C=O) groups excluding carboxylic acids is 1. The number of nitrogens with one attached hydrogen (secondary N) is 1. The zero-order chi connectivity index (χ0) is 12.6. The number of hydrogen-bond acceptors (Lipinski definition) is 5. The molecule has 0 aliphatic carbocycles. The summed E-state index contributed by atoms with van der Waals surface area (Å²) in [7, 11) is -1.39. The van der Waals surface area contributed by atoms with E-state index >= 15 is 0 Å². The van der Waals surface area contributed by atoms with Crippen LogP contribution in [0.4, 0.5) is 5.69 Å². The molecule has 7 nitrogen and oxygen atoms in total. The molecule has 0 radical (unpaired) electrons. The van der Waals surface area contributed by atoms with Crippen LogP contribution in [0.2, 0.25) is 0 Å². The highest BCUT2D eigenvalue weighted by Crippen LogP contribution is 2.14. The van der Waals surface area contributed by atoms with E-state index in [2.05, 4.69) is 10.4 Å². The number of nitrogens with zero attached hydrogens (tertiary/aromatic N) is 2. The topological polar surface area (TPSA) is 107 Å². The molecule has 1 aliphatic heterocycles. The molecule has 1 aliphatic rings. The monoisotopic (exact) mass is 258 g/mol. The lowest BCUT2D eigenvalue weighted by Gasteiger charge is -2.11. The number of hydrogen-bond donors (Lipinski definition) is 2. The third-order valence-electron chi connectivity index (χ3n) is 2.75. The summed E-state index contributed by atoms with van der Waals surface area (Å²) in [5.74, 6) is -0.264. The van der Waals surface area contributed by atoms with Gasteiger partial charge in [0.1, 0.15) is 5.69 Å². The van der Waals surface area contributed by atoms with Crippen molar-refractivity contribution in [1.82, 2.24) is 15.1 Å². The molecule has 1 fully saturated rings. The maximum Gasteiger partial charge on any atom is 0.271 e. The highest BCUT2D eigenvalue weighted by atomic mass is 32.2. The predicted molar refractivity (Wildman–Crippen MR) is 62.1 cm³/mol. The molecular formula is C9H14N4O3S. The molecule has 8 heteroatoms. The molecule has 1 atom stereocenters. The summed E-state index contributed by atoms with van der Waals surface area (Å²) in [6, 6.07) is -0.332. The summed E-state index contributed by atoms with van der Waals surface area (Å²) in [5, 5.41) is 6.51. The Kier molecular flexibility index (Phi) is 2.82. The summed E-state index contributed by atoms with van der Waals surface area (Å²) in [4.78, 5) is 11.9. The number of carbonyl (C=O) groups is 1. The number of nitrogens with two attached hydrogens (primary N) is 1. The molecule has 3 N–H and O–H groups in total. The third-order valence-corrected chi connectivity index (χ3v) is 4.52. The average molecular weight is 258 g/mol. The number of anilines is 1. The minimum Gasteiger partial charge on any atom is -0.396 e. The van der Waals surface area contributed by atoms with E-state index in [-0.39, 0.29) is 34.8 Å². The van der Waals surface area contributed by atoms with E-state index in [1.54, 1.807) is 7.05 Å². The fourth-order valence-corrected chi connectivity index (χ4v) is 3.57. The molecular weight excluding hydrogens is 244 g/mol. The molecule has 0 aromatic carbocycles. The summed E-state index contributed by atoms with van der Waals surface area (Å²) < 4.78 is 23.9. The second-order valence-corrected chi connectivity index (χ2v) is 6.37. The normalized spacial score (nSPS) is 22.5. The molecule has 0 saturated carbocycles. The first kappa shape index (κ1) is 11.9. The van der Waals surface area contributed by atoms with Gasteiger partial charge in [-0.3, -0.25) is 9.48 Å². The Labute approximate surface area is 98.9 Å². The molecule has 94 valence electrons. The van der Waals surface area contributed by atoms with Gasteiger partial charge in [0.25, 0.3) is 5.91 Å². The van der Waals surface area contributed by atoms with Gasteiger partial charge in [-0.25, -0.2) is 8.42 Å². The fraction of sp³-hybridized carbons (Fsp3) is 0.556. The van der Waals surface area contributed by atoms with Crippen LogP contribution in [-0.4, -0.2) is 41.7 Å². The van der Waals surface area contributed by atoms with Crippen LogP contribution in [0.15, 0.2) is 6.20 Å². The van der Waals surface area contributed by atoms with Crippen LogP contribution in [-0.2, 0) is 16.9 Å². The molecule has 0 bridgehead atoms. The van der Waals surface area contributed by atoms with Crippen LogP contribution < -0.4 is 11.1 Å². The SMILES string of the molecule is Cn1ncc(N)c1C(=O)NC1CCS(=O)(=O)C1. The maximum absolute atomic E-state index is 11.9. The first-order valence-corrected chi connectivity index (χ1v) is 7.00. The minimum absolute atomic E-state index is 0.00348. The Bertz CT molecular complexity index is 529. The second kappa shape index (κ2) is 4.02. The molecule has 0 spiro atoms. The van der Waals surface area contributed by atoms with Gasteiger partial charge in [-0.2, -0.15) is 5.10 Å². The van der Waals surface area contributed by atoms with Crippen molar-refractivity contribution in [2.45, 2.75) is 12.5 Å². The summed E-state index contributed by atoms with van der Waals surface area (Å²) >= 11 is 0. The Morgan fingerprint density at radius 1 is 1.65 bits per heavy atom. The molecule has 17 heavy (non-hydrogen) atoms. The predicted octanol–water partition coefficient (Wildman–Crippen LogP) is -1.08. The van der Waals surface area contributed by atoms with Crippen LogP contribution in [0.25, 0.3) is 0 Å². The number of amides is 1. The van der Waals surface area contributed by atoms with Crippen molar-refractivity contribution in [2.75, 3.05) is 17.2 Å². The van der Waals surface area contributed by atoms with Gasteiger partial charge in [0.15, 0.2) is 9.84 Å². The van der Waals surface area contributed by atoms with Crippen LogP contribution in [0.3, 0.4) is 0 Å². The van der Waals surface area contributed by atoms with E-state index in [1.165, 1.54) is 10.9 Å². The van der Waals surface area contributed by atoms with E-state index in [0.29, 0.717) is 6.42 Å². The number of sulfone groups is 1. The number of nitrogen functional groups attached to an aromatic ring is 1. The van der Waals surface area contributed by atoms with E-state index in [4.69, 9.17) is 5.73 Å². The lowest BCUT2D eigenvalue weighted by Crippen LogP contribution is -2.36. The maximum atomic E-state index is 11.9. The van der Waals surface area contributed by atoms with Gasteiger partial charge in [0, 0.05) is 13.1 Å². The van der Waals surface area contributed by atoms with Crippen LogP contribution in [0.5, 0.6) is 0 Å². The first-order valence-electron chi connectivity index (χ1n) is 5.18. The van der Waals surface area contributed by atoms with Crippen molar-refractivity contribution in [3.05, 3.63) is 11.9 Å². The van der Waals surface area contributed by atoms with Gasteiger partial charge >= 0.3 is 0 Å². The largest absolute Gasteiger partial charge is 0.396 e. The zero-order valence-corrected chi connectivity index (χ0v) is 10.2. The van der Waals surface area contributed by atoms with Crippen LogP contribution >= 0.6 is 0 Å². The summed E-state index contributed by atoms with van der Waals surface area (Å²) in [5.41, 5.74) is 6.15. The van der Waals surface area contributed by atoms with Gasteiger partial charge in [-0.1, -0.05) is 0 Å². The molecule has 1 unspecified atom stereocenters. The van der Waals surface area contributed by atoms with Crippen molar-refractivity contribution in [1.29, 1.82) is 0 Å². The Morgan fingerprint density at radius 2 is 2.35 bits per heavy atom. The standard InChI is InChI=1S/C9H14N4O3S/c1-13-8(7(10)4-11-13)9(14)12-6-2-3-17(15,16)5-6/h4,6H,2-3,5,10H2,1H3,(H,12,14). The van der Waals surface area contributed by atoms with Crippen molar-refractivity contribution in [2.24, 2.45) is 7.05 Å². The van der Waals surface area contributed by atoms with Crippen molar-refractivity contribution >= 4 is 21.4 Å². The third kappa shape index (κ3) is 2.41. The molecule has 1 saturated heterocycles. The van der Waals surface area contributed by atoms with Gasteiger partial charge < -0.3 is 11.1 Å². The molecule has 1 aromatic rings. The fourth-order valence-electron chi connectivity index (χ4n) is 1.90. The lowest BCUT2D eigenvalue weighted by atomic mass is 10.2. The number of rotatable bonds is 2. The highest BCUT2D eigenvalue weighted by molar-refractivity contribution is 7.91. The second-order valence-electron chi connectivity index (χ2n) is 4.15. The van der Waals surface area contributed by atoms with Crippen molar-refractivity contribution in [3.63, 3.8) is 0 Å². The van der Waals surface area contributed by atoms with Gasteiger partial charge in [-0.15, -0.1) is 0 Å². The first-order chi connectivity index (χ1) is 7.89. The zero-order valence-electron chi connectivity index (χ0n) is 9.38. The number of aryl methyl sites for hydroxylation is 1. The average Bonchev–Trinajstić information content (AvgIpc) is 2.70. The van der Waals surface area contributed by atoms with E-state index < -0.39 is 9.84 Å². The number of aromatic nitrogens is 2. The Balaban J connectivity index is 2.09. The van der Waals surface area contributed by atoms with Crippen molar-refractivity contribution in [3.8, 4) is 0 Å². The Morgan fingerprint density at radius 3 is 2.82 bits per heavy atom. The Hall–Kier alpha value is -1.57. The molecule has 1 aromatic heterocycles. The van der Waals surface area contributed by atoms with E-state index in [0.717, 1.165) is 0 Å². The lowest BCUT2D eigenvalue weighted by molar-refractivity contribution is 0.0932. The van der Waals surface area contributed by atoms with Crippen LogP contribution in [0, 0.1) is 0 Å². The van der Waals surface area contributed by atoms with Crippen molar-refractivity contribution < 1.29 is 13.2 Å². The summed E-state index contributed by atoms with van der Waals surface area (Å²) in [6.45, 7) is 0. The summed E-state index contributed by atoms with van der Waals surface area (Å²) in [6.07, 6.45) is 1.84. The quantitative estimate of drug-likeness (QED) is 0.701. The molecule has 2 rings (SSSR count). The minimum atomic E-state index is -3.00. The molecule has 2 heterocycles. The van der Waals surface area contributed by atoms with Gasteiger partial charge in [-0.05, 0) is 6.42 Å². The van der Waals surface area contributed by atoms with E-state index in [1.807, 2.05) is 0 Å². The highest BCUT2D eigenvalue weighted by Gasteiger charge is 2.30. The van der Waals surface area contributed by atoms with Gasteiger partial charge in [0.2, 0.25) is 0 Å². The smallest absolute Gasteiger partial charge is 0.271 e. The van der Waals surface area contributed by atoms with Gasteiger partial charge in [0.05, 0.1) is 23.4 Å². The van der Waals surface area contributed by atoms with Crippen LogP contribution in [0.1, 0.15) is 16.9 Å². The van der Waals surface area contributed by atoms with E-state index in [9.17, 15) is 13.2 Å². The molecule has 1 amide bonds.